The second-order valence-corrected chi connectivity index (χ2v) is 7.51. The number of thiophene rings is 1. The fraction of sp³-hybridized carbons (Fsp3) is 0.238. The van der Waals surface area contributed by atoms with Crippen LogP contribution in [0.5, 0.6) is 0 Å². The van der Waals surface area contributed by atoms with Gasteiger partial charge >= 0.3 is 5.97 Å². The first-order valence-electron chi connectivity index (χ1n) is 8.94. The monoisotopic (exact) mass is 380 g/mol. The highest BCUT2D eigenvalue weighted by Crippen LogP contribution is 2.25. The van der Waals surface area contributed by atoms with Crippen molar-refractivity contribution in [3.05, 3.63) is 65.5 Å². The quantitative estimate of drug-likeness (QED) is 0.651. The lowest BCUT2D eigenvalue weighted by Gasteiger charge is -2.36. The van der Waals surface area contributed by atoms with Crippen molar-refractivity contribution in [3.8, 4) is 0 Å². The minimum Gasteiger partial charge on any atom is -0.451 e. The van der Waals surface area contributed by atoms with Crippen LogP contribution >= 0.6 is 11.3 Å². The summed E-state index contributed by atoms with van der Waals surface area (Å²) < 4.78 is 6.29. The van der Waals surface area contributed by atoms with Crippen LogP contribution in [0.4, 0.5) is 5.69 Å². The van der Waals surface area contributed by atoms with Gasteiger partial charge in [-0.15, -0.1) is 11.3 Å². The number of para-hydroxylation sites is 1. The molecule has 1 amide bonds. The largest absolute Gasteiger partial charge is 0.451 e. The highest BCUT2D eigenvalue weighted by Gasteiger charge is 2.22. The lowest BCUT2D eigenvalue weighted by molar-refractivity contribution is -0.134. The maximum Gasteiger partial charge on any atom is 0.348 e. The molecule has 1 aromatic heterocycles. The molecule has 0 unspecified atom stereocenters. The first-order chi connectivity index (χ1) is 13.2. The topological polar surface area (TPSA) is 49.9 Å². The number of ether oxygens (including phenoxy) is 1. The number of carbonyl (C=O) groups is 2. The van der Waals surface area contributed by atoms with Gasteiger partial charge in [0.25, 0.3) is 5.91 Å². The van der Waals surface area contributed by atoms with Crippen LogP contribution in [0.25, 0.3) is 10.1 Å². The number of amides is 1. The molecule has 0 saturated carbocycles. The minimum absolute atomic E-state index is 0.142. The van der Waals surface area contributed by atoms with E-state index in [9.17, 15) is 9.59 Å². The SMILES string of the molecule is O=C(OCC(=O)N1CCN(c2ccccc2)CC1)c1cc2ccccc2s1. The van der Waals surface area contributed by atoms with Crippen LogP contribution < -0.4 is 4.90 Å². The van der Waals surface area contributed by atoms with Crippen molar-refractivity contribution in [3.63, 3.8) is 0 Å². The number of hydrogen-bond acceptors (Lipinski definition) is 5. The fourth-order valence-corrected chi connectivity index (χ4v) is 4.18. The Kier molecular flexibility index (Phi) is 5.07. The van der Waals surface area contributed by atoms with Gasteiger partial charge in [-0.1, -0.05) is 36.4 Å². The zero-order chi connectivity index (χ0) is 18.6. The van der Waals surface area contributed by atoms with Crippen molar-refractivity contribution in [1.82, 2.24) is 4.90 Å². The maximum absolute atomic E-state index is 12.4. The van der Waals surface area contributed by atoms with E-state index in [1.807, 2.05) is 48.5 Å². The van der Waals surface area contributed by atoms with Gasteiger partial charge in [0.2, 0.25) is 0 Å². The Morgan fingerprint density at radius 2 is 1.63 bits per heavy atom. The van der Waals surface area contributed by atoms with Gasteiger partial charge in [-0.2, -0.15) is 0 Å². The summed E-state index contributed by atoms with van der Waals surface area (Å²) in [6.45, 7) is 2.61. The van der Waals surface area contributed by atoms with Crippen LogP contribution in [0, 0.1) is 0 Å². The van der Waals surface area contributed by atoms with E-state index in [1.54, 1.807) is 4.90 Å². The summed E-state index contributed by atoms with van der Waals surface area (Å²) in [4.78, 5) is 29.2. The zero-order valence-electron chi connectivity index (χ0n) is 14.8. The second-order valence-electron chi connectivity index (χ2n) is 6.43. The second kappa shape index (κ2) is 7.80. The number of hydrogen-bond donors (Lipinski definition) is 0. The Balaban J connectivity index is 1.29. The lowest BCUT2D eigenvalue weighted by Crippen LogP contribution is -2.49. The van der Waals surface area contributed by atoms with Gasteiger partial charge in [0.05, 0.1) is 0 Å². The predicted octanol–water partition coefficient (Wildman–Crippen LogP) is 3.41. The summed E-state index contributed by atoms with van der Waals surface area (Å²) in [6.07, 6.45) is 0. The molecule has 0 N–H and O–H groups in total. The van der Waals surface area contributed by atoms with Gasteiger partial charge in [0.15, 0.2) is 6.61 Å². The van der Waals surface area contributed by atoms with Crippen LogP contribution in [-0.4, -0.2) is 49.6 Å². The molecule has 1 saturated heterocycles. The van der Waals surface area contributed by atoms with Gasteiger partial charge in [-0.3, -0.25) is 4.79 Å². The average molecular weight is 380 g/mol. The van der Waals surface area contributed by atoms with Gasteiger partial charge in [0, 0.05) is 36.6 Å². The van der Waals surface area contributed by atoms with E-state index in [1.165, 1.54) is 17.0 Å². The molecule has 138 valence electrons. The molecule has 4 rings (SSSR count). The number of anilines is 1. The molecule has 0 atom stereocenters. The number of benzene rings is 2. The normalized spacial score (nSPS) is 14.4. The van der Waals surface area contributed by atoms with Crippen LogP contribution in [0.3, 0.4) is 0 Å². The third kappa shape index (κ3) is 3.95. The molecule has 5 nitrogen and oxygen atoms in total. The summed E-state index contributed by atoms with van der Waals surface area (Å²) in [7, 11) is 0. The highest BCUT2D eigenvalue weighted by molar-refractivity contribution is 7.20. The molecule has 3 aromatic rings. The molecular formula is C21H20N2O3S. The van der Waals surface area contributed by atoms with Gasteiger partial charge < -0.3 is 14.5 Å². The van der Waals surface area contributed by atoms with Gasteiger partial charge in [0.1, 0.15) is 4.88 Å². The summed E-state index contributed by atoms with van der Waals surface area (Å²) in [6, 6.07) is 19.8. The number of rotatable bonds is 4. The molecule has 2 aromatic carbocycles. The van der Waals surface area contributed by atoms with Crippen molar-refractivity contribution in [2.45, 2.75) is 0 Å². The number of carbonyl (C=O) groups excluding carboxylic acids is 2. The third-order valence-corrected chi connectivity index (χ3v) is 5.80. The van der Waals surface area contributed by atoms with Crippen molar-refractivity contribution in [2.75, 3.05) is 37.7 Å². The molecule has 2 heterocycles. The van der Waals surface area contributed by atoms with E-state index >= 15 is 0 Å². The molecule has 0 radical (unpaired) electrons. The fourth-order valence-electron chi connectivity index (χ4n) is 3.23. The zero-order valence-corrected chi connectivity index (χ0v) is 15.7. The van der Waals surface area contributed by atoms with Crippen LogP contribution in [0.2, 0.25) is 0 Å². The van der Waals surface area contributed by atoms with Gasteiger partial charge in [-0.05, 0) is 29.7 Å². The van der Waals surface area contributed by atoms with Crippen LogP contribution in [0.15, 0.2) is 60.7 Å². The average Bonchev–Trinajstić information content (AvgIpc) is 3.17. The Bertz CT molecular complexity index is 913. The molecule has 1 aliphatic heterocycles. The van der Waals surface area contributed by atoms with E-state index in [0.29, 0.717) is 18.0 Å². The van der Waals surface area contributed by atoms with E-state index in [4.69, 9.17) is 4.74 Å². The number of nitrogens with zero attached hydrogens (tertiary/aromatic N) is 2. The van der Waals surface area contributed by atoms with Gasteiger partial charge in [-0.25, -0.2) is 4.79 Å². The van der Waals surface area contributed by atoms with E-state index in [0.717, 1.165) is 23.2 Å². The molecule has 1 aliphatic rings. The first kappa shape index (κ1) is 17.5. The highest BCUT2D eigenvalue weighted by atomic mass is 32.1. The summed E-state index contributed by atoms with van der Waals surface area (Å²) >= 11 is 1.38. The molecule has 6 heteroatoms. The van der Waals surface area contributed by atoms with Crippen molar-refractivity contribution < 1.29 is 14.3 Å². The Morgan fingerprint density at radius 1 is 0.926 bits per heavy atom. The smallest absolute Gasteiger partial charge is 0.348 e. The molecule has 0 aliphatic carbocycles. The summed E-state index contributed by atoms with van der Waals surface area (Å²) in [5.41, 5.74) is 1.17. The Morgan fingerprint density at radius 3 is 2.37 bits per heavy atom. The third-order valence-electron chi connectivity index (χ3n) is 4.71. The molecule has 1 fully saturated rings. The molecule has 0 bridgehead atoms. The molecular weight excluding hydrogens is 360 g/mol. The first-order valence-corrected chi connectivity index (χ1v) is 9.76. The Hall–Kier alpha value is -2.86. The molecule has 27 heavy (non-hydrogen) atoms. The van der Waals surface area contributed by atoms with E-state index in [-0.39, 0.29) is 12.5 Å². The number of fused-ring (bicyclic) bond motifs is 1. The van der Waals surface area contributed by atoms with Crippen LogP contribution in [0.1, 0.15) is 9.67 Å². The lowest BCUT2D eigenvalue weighted by atomic mass is 10.2. The van der Waals surface area contributed by atoms with Crippen molar-refractivity contribution in [1.29, 1.82) is 0 Å². The van der Waals surface area contributed by atoms with Crippen molar-refractivity contribution >= 4 is 39.0 Å². The predicted molar refractivity (Wildman–Crippen MR) is 107 cm³/mol. The standard InChI is InChI=1S/C21H20N2O3S/c24-20(23-12-10-22(11-13-23)17-7-2-1-3-8-17)15-26-21(25)19-14-16-6-4-5-9-18(16)27-19/h1-9,14H,10-13,15H2. The van der Waals surface area contributed by atoms with E-state index < -0.39 is 5.97 Å². The Labute approximate surface area is 161 Å². The number of esters is 1. The van der Waals surface area contributed by atoms with Crippen LogP contribution in [-0.2, 0) is 9.53 Å². The minimum atomic E-state index is -0.438. The number of piperazine rings is 1. The van der Waals surface area contributed by atoms with Crippen molar-refractivity contribution in [2.24, 2.45) is 0 Å². The molecule has 0 spiro atoms. The summed E-state index contributed by atoms with van der Waals surface area (Å²) in [5.74, 6) is -0.579. The maximum atomic E-state index is 12.4. The summed E-state index contributed by atoms with van der Waals surface area (Å²) in [5, 5.41) is 1.01. The van der Waals surface area contributed by atoms with E-state index in [2.05, 4.69) is 17.0 Å².